The summed E-state index contributed by atoms with van der Waals surface area (Å²) < 4.78 is 0.944. The average molecular weight is 370 g/mol. The van der Waals surface area contributed by atoms with Gasteiger partial charge in [-0.15, -0.1) is 0 Å². The van der Waals surface area contributed by atoms with Crippen LogP contribution in [0.4, 0.5) is 0 Å². The maximum Gasteiger partial charge on any atom is 0.248 e. The number of carbonyl (C=O) groups excluding carboxylic acids is 1. The minimum absolute atomic E-state index is 0.000417. The molecule has 0 bridgehead atoms. The first kappa shape index (κ1) is 21.0. The Balaban J connectivity index is 2.45. The fourth-order valence-electron chi connectivity index (χ4n) is 3.69. The zero-order chi connectivity index (χ0) is 20.2. The second kappa shape index (κ2) is 8.57. The fraction of sp³-hybridized carbons (Fsp3) is 0.435. The molecule has 2 rings (SSSR count). The molecule has 0 saturated carbocycles. The van der Waals surface area contributed by atoms with Crippen molar-refractivity contribution in [2.24, 2.45) is 5.73 Å². The number of nitrogens with zero attached hydrogens (tertiary/aromatic N) is 1. The van der Waals surface area contributed by atoms with E-state index in [-0.39, 0.29) is 11.7 Å². The number of amides is 1. The van der Waals surface area contributed by atoms with Crippen LogP contribution in [0.3, 0.4) is 0 Å². The predicted molar refractivity (Wildman–Crippen MR) is 111 cm³/mol. The zero-order valence-corrected chi connectivity index (χ0v) is 17.1. The molecule has 0 aliphatic carbocycles. The van der Waals surface area contributed by atoms with E-state index in [1.54, 1.807) is 18.2 Å². The smallest absolute Gasteiger partial charge is 0.248 e. The van der Waals surface area contributed by atoms with Gasteiger partial charge in [0.2, 0.25) is 5.91 Å². The Hall–Kier alpha value is -2.33. The highest BCUT2D eigenvalue weighted by Gasteiger charge is 2.31. The second-order valence-corrected chi connectivity index (χ2v) is 8.15. The number of phenolic OH excluding ortho intramolecular Hbond substituents is 1. The largest absolute Gasteiger partial charge is 0.508 e. The number of benzene rings is 2. The van der Waals surface area contributed by atoms with Gasteiger partial charge < -0.3 is 15.3 Å². The SMILES string of the molecule is CC(C)[N+](C)(CC[C@H](c1ccccc1)c1cc(C(N)=O)ccc1O)C(C)C. The van der Waals surface area contributed by atoms with E-state index in [1.807, 2.05) is 18.2 Å². The Morgan fingerprint density at radius 2 is 1.63 bits per heavy atom. The lowest BCUT2D eigenvalue weighted by Gasteiger charge is -2.43. The molecule has 0 heterocycles. The molecule has 1 atom stereocenters. The molecule has 2 aromatic rings. The molecule has 1 amide bonds. The van der Waals surface area contributed by atoms with Gasteiger partial charge in [-0.3, -0.25) is 4.79 Å². The minimum Gasteiger partial charge on any atom is -0.508 e. The number of aromatic hydroxyl groups is 1. The summed E-state index contributed by atoms with van der Waals surface area (Å²) >= 11 is 0. The van der Waals surface area contributed by atoms with Crippen LogP contribution in [0.25, 0.3) is 0 Å². The number of phenols is 1. The summed E-state index contributed by atoms with van der Waals surface area (Å²) in [5.41, 5.74) is 7.79. The highest BCUT2D eigenvalue weighted by atomic mass is 16.3. The predicted octanol–water partition coefficient (Wildman–Crippen LogP) is 4.28. The normalized spacial score (nSPS) is 13.1. The molecular weight excluding hydrogens is 336 g/mol. The third kappa shape index (κ3) is 4.69. The van der Waals surface area contributed by atoms with Crippen molar-refractivity contribution in [3.63, 3.8) is 0 Å². The first-order chi connectivity index (χ1) is 12.7. The van der Waals surface area contributed by atoms with Crippen molar-refractivity contribution in [2.75, 3.05) is 13.6 Å². The van der Waals surface area contributed by atoms with Crippen LogP contribution in [0.5, 0.6) is 5.75 Å². The first-order valence-corrected chi connectivity index (χ1v) is 9.69. The van der Waals surface area contributed by atoms with Crippen molar-refractivity contribution in [3.05, 3.63) is 65.2 Å². The number of quaternary nitrogens is 1. The van der Waals surface area contributed by atoms with Gasteiger partial charge in [-0.2, -0.15) is 0 Å². The van der Waals surface area contributed by atoms with Crippen molar-refractivity contribution in [1.82, 2.24) is 0 Å². The van der Waals surface area contributed by atoms with E-state index in [1.165, 1.54) is 0 Å². The summed E-state index contributed by atoms with van der Waals surface area (Å²) in [5, 5.41) is 10.5. The average Bonchev–Trinajstić information content (AvgIpc) is 2.63. The number of hydrogen-bond acceptors (Lipinski definition) is 2. The van der Waals surface area contributed by atoms with E-state index in [0.29, 0.717) is 17.6 Å². The summed E-state index contributed by atoms with van der Waals surface area (Å²) in [6.07, 6.45) is 0.868. The molecule has 0 radical (unpaired) electrons. The standard InChI is InChI=1S/C23H32N2O2/c1-16(2)25(5,17(3)4)14-13-20(18-9-7-6-8-10-18)21-15-19(23(24)27)11-12-22(21)26/h6-12,15-17,20H,13-14H2,1-5H3,(H2-,24,26,27)/p+1/t20-/m1/s1. The first-order valence-electron chi connectivity index (χ1n) is 9.69. The summed E-state index contributed by atoms with van der Waals surface area (Å²) in [6, 6.07) is 16.0. The molecule has 0 fully saturated rings. The quantitative estimate of drug-likeness (QED) is 0.682. The number of rotatable bonds is 8. The second-order valence-electron chi connectivity index (χ2n) is 8.15. The lowest BCUT2D eigenvalue weighted by atomic mass is 9.86. The van der Waals surface area contributed by atoms with Crippen LogP contribution < -0.4 is 5.73 Å². The Morgan fingerprint density at radius 1 is 1.04 bits per heavy atom. The number of carbonyl (C=O) groups is 1. The Bertz CT molecular complexity index is 761. The van der Waals surface area contributed by atoms with Crippen molar-refractivity contribution in [2.45, 2.75) is 52.1 Å². The van der Waals surface area contributed by atoms with Crippen molar-refractivity contribution >= 4 is 5.91 Å². The van der Waals surface area contributed by atoms with Crippen molar-refractivity contribution < 1.29 is 14.4 Å². The lowest BCUT2D eigenvalue weighted by Crippen LogP contribution is -2.55. The maximum atomic E-state index is 11.7. The van der Waals surface area contributed by atoms with E-state index in [9.17, 15) is 9.90 Å². The molecular formula is C23H33N2O2+. The molecule has 0 saturated heterocycles. The van der Waals surface area contributed by atoms with Gasteiger partial charge in [0.25, 0.3) is 0 Å². The molecule has 0 unspecified atom stereocenters. The molecule has 4 heteroatoms. The Morgan fingerprint density at radius 3 is 2.15 bits per heavy atom. The topological polar surface area (TPSA) is 63.3 Å². The van der Waals surface area contributed by atoms with E-state index < -0.39 is 5.91 Å². The van der Waals surface area contributed by atoms with Crippen LogP contribution in [-0.4, -0.2) is 41.2 Å². The van der Waals surface area contributed by atoms with E-state index >= 15 is 0 Å². The molecule has 0 aromatic heterocycles. The molecule has 0 aliphatic heterocycles. The maximum absolute atomic E-state index is 11.7. The van der Waals surface area contributed by atoms with Gasteiger partial charge in [-0.05, 0) is 51.5 Å². The van der Waals surface area contributed by atoms with Crippen LogP contribution in [0, 0.1) is 0 Å². The summed E-state index contributed by atoms with van der Waals surface area (Å²) in [6.45, 7) is 9.98. The Labute approximate surface area is 163 Å². The highest BCUT2D eigenvalue weighted by molar-refractivity contribution is 5.93. The molecule has 27 heavy (non-hydrogen) atoms. The Kier molecular flexibility index (Phi) is 6.66. The van der Waals surface area contributed by atoms with Crippen molar-refractivity contribution in [3.8, 4) is 5.75 Å². The van der Waals surface area contributed by atoms with Crippen LogP contribution in [0.2, 0.25) is 0 Å². The van der Waals surface area contributed by atoms with Gasteiger partial charge in [0.05, 0.1) is 25.7 Å². The third-order valence-electron chi connectivity index (χ3n) is 6.15. The number of primary amides is 1. The van der Waals surface area contributed by atoms with Crippen LogP contribution >= 0.6 is 0 Å². The summed E-state index contributed by atoms with van der Waals surface area (Å²) in [7, 11) is 2.29. The van der Waals surface area contributed by atoms with Crippen LogP contribution in [-0.2, 0) is 0 Å². The van der Waals surface area contributed by atoms with Crippen LogP contribution in [0.15, 0.2) is 48.5 Å². The van der Waals surface area contributed by atoms with Gasteiger partial charge in [-0.1, -0.05) is 30.3 Å². The summed E-state index contributed by atoms with van der Waals surface area (Å²) in [5.74, 6) is -0.273. The molecule has 2 aromatic carbocycles. The molecule has 0 spiro atoms. The van der Waals surface area contributed by atoms with E-state index in [2.05, 4.69) is 46.9 Å². The van der Waals surface area contributed by atoms with E-state index in [0.717, 1.165) is 28.6 Å². The zero-order valence-electron chi connectivity index (χ0n) is 17.1. The third-order valence-corrected chi connectivity index (χ3v) is 6.15. The highest BCUT2D eigenvalue weighted by Crippen LogP contribution is 2.36. The molecule has 3 N–H and O–H groups in total. The number of nitrogens with two attached hydrogens (primary N) is 1. The van der Waals surface area contributed by atoms with Gasteiger partial charge in [0.15, 0.2) is 0 Å². The van der Waals surface area contributed by atoms with Crippen LogP contribution in [0.1, 0.15) is 61.5 Å². The minimum atomic E-state index is -0.479. The molecule has 146 valence electrons. The van der Waals surface area contributed by atoms with E-state index in [4.69, 9.17) is 5.73 Å². The monoisotopic (exact) mass is 369 g/mol. The molecule has 0 aliphatic rings. The van der Waals surface area contributed by atoms with Gasteiger partial charge in [0, 0.05) is 23.5 Å². The summed E-state index contributed by atoms with van der Waals surface area (Å²) in [4.78, 5) is 11.7. The number of hydrogen-bond donors (Lipinski definition) is 2. The molecule has 4 nitrogen and oxygen atoms in total. The van der Waals surface area contributed by atoms with Crippen molar-refractivity contribution in [1.29, 1.82) is 0 Å². The van der Waals surface area contributed by atoms with Gasteiger partial charge in [-0.25, -0.2) is 0 Å². The lowest BCUT2D eigenvalue weighted by molar-refractivity contribution is -0.949. The fourth-order valence-corrected chi connectivity index (χ4v) is 3.69. The van der Waals surface area contributed by atoms with Gasteiger partial charge >= 0.3 is 0 Å². The van der Waals surface area contributed by atoms with Gasteiger partial charge in [0.1, 0.15) is 5.75 Å².